The molecule has 0 radical (unpaired) electrons. The third kappa shape index (κ3) is 11.4. The highest BCUT2D eigenvalue weighted by molar-refractivity contribution is 7.85. The lowest BCUT2D eigenvalue weighted by atomic mass is 10.2. The predicted octanol–water partition coefficient (Wildman–Crippen LogP) is -2.85. The topological polar surface area (TPSA) is 202 Å². The summed E-state index contributed by atoms with van der Waals surface area (Å²) < 4.78 is 50.1. The van der Waals surface area contributed by atoms with Crippen LogP contribution in [0.3, 0.4) is 0 Å². The molecule has 0 spiro atoms. The van der Waals surface area contributed by atoms with Gasteiger partial charge in [0.05, 0.1) is 11.8 Å². The Bertz CT molecular complexity index is 540. The number of unbranched alkanes of at least 4 members (excludes halogenated alkanes) is 2. The Kier molecular flexibility index (Phi) is 10.9. The number of amides is 2. The fraction of sp³-hybridized carbons (Fsp3) is 0.818. The van der Waals surface area contributed by atoms with Crippen molar-refractivity contribution >= 4 is 33.0 Å². The fourth-order valence-electron chi connectivity index (χ4n) is 1.68. The number of nitrogens with two attached hydrogens (primary N) is 2. The lowest BCUT2D eigenvalue weighted by Crippen LogP contribution is -2.55. The van der Waals surface area contributed by atoms with Crippen LogP contribution in [0.1, 0.15) is 19.3 Å². The Hall–Kier alpha value is -1.12. The zero-order chi connectivity index (χ0) is 18.8. The van der Waals surface area contributed by atoms with Crippen molar-refractivity contribution in [2.24, 2.45) is 11.5 Å². The van der Waals surface area contributed by atoms with E-state index in [2.05, 4.69) is 5.32 Å². The van der Waals surface area contributed by atoms with Gasteiger partial charge in [0.25, 0.3) is 10.1 Å². The van der Waals surface area contributed by atoms with Crippen LogP contribution in [-0.4, -0.2) is 70.2 Å². The first kappa shape index (κ1) is 22.9. The van der Waals surface area contributed by atoms with Crippen LogP contribution < -0.4 is 22.1 Å². The maximum Gasteiger partial charge on any atom is 0.267 e. The van der Waals surface area contributed by atoms with Crippen molar-refractivity contribution in [3.8, 4) is 0 Å². The molecule has 0 aromatic carbocycles. The monoisotopic (exact) mass is 388 g/mol. The van der Waals surface area contributed by atoms with Gasteiger partial charge in [0, 0.05) is 6.54 Å². The third-order valence-electron chi connectivity index (χ3n) is 2.85. The van der Waals surface area contributed by atoms with Crippen molar-refractivity contribution in [2.45, 2.75) is 31.3 Å². The van der Waals surface area contributed by atoms with Crippen molar-refractivity contribution in [3.63, 3.8) is 0 Å². The number of carbonyl (C=O) groups is 2. The Morgan fingerprint density at radius 2 is 1.79 bits per heavy atom. The molecule has 0 rings (SSSR count). The highest BCUT2D eigenvalue weighted by Gasteiger charge is 2.28. The molecule has 0 aromatic heterocycles. The standard InChI is InChI=1S/C11H24N4O7S2/c12-4-2-1-3-5-14-11(17)9(7-24(20,21)22)15-10(16)8(13)6-23(18)19/h8-9H,1-7,12-13H2,(H,14,17)(H,15,16)(H,18,19)(H,20,21,22). The van der Waals surface area contributed by atoms with Gasteiger partial charge in [-0.05, 0) is 19.4 Å². The van der Waals surface area contributed by atoms with Gasteiger partial charge in [-0.2, -0.15) is 8.42 Å². The van der Waals surface area contributed by atoms with Crippen LogP contribution in [-0.2, 0) is 30.8 Å². The molecule has 3 unspecified atom stereocenters. The fourth-order valence-corrected chi connectivity index (χ4v) is 2.80. The second kappa shape index (κ2) is 11.4. The first-order valence-corrected chi connectivity index (χ1v) is 10.0. The molecule has 0 aliphatic rings. The van der Waals surface area contributed by atoms with Gasteiger partial charge in [-0.15, -0.1) is 0 Å². The molecule has 2 amide bonds. The SMILES string of the molecule is NCCCCCNC(=O)C(CS(=O)(=O)O)NC(=O)C(N)CS(=O)O. The van der Waals surface area contributed by atoms with E-state index in [1.807, 2.05) is 5.32 Å². The molecule has 0 heterocycles. The molecule has 0 saturated heterocycles. The quantitative estimate of drug-likeness (QED) is 0.115. The minimum absolute atomic E-state index is 0.239. The predicted molar refractivity (Wildman–Crippen MR) is 87.9 cm³/mol. The summed E-state index contributed by atoms with van der Waals surface area (Å²) in [4.78, 5) is 23.7. The highest BCUT2D eigenvalue weighted by Crippen LogP contribution is 1.96. The van der Waals surface area contributed by atoms with Gasteiger partial charge >= 0.3 is 0 Å². The van der Waals surface area contributed by atoms with Crippen molar-refractivity contribution in [1.82, 2.24) is 10.6 Å². The molecule has 0 aliphatic heterocycles. The maximum atomic E-state index is 12.0. The first-order valence-electron chi connectivity index (χ1n) is 7.13. The van der Waals surface area contributed by atoms with Gasteiger partial charge in [0.2, 0.25) is 11.8 Å². The number of hydrogen-bond donors (Lipinski definition) is 6. The van der Waals surface area contributed by atoms with Crippen molar-refractivity contribution in [1.29, 1.82) is 0 Å². The minimum atomic E-state index is -4.54. The minimum Gasteiger partial charge on any atom is -0.354 e. The molecular weight excluding hydrogens is 364 g/mol. The van der Waals surface area contributed by atoms with E-state index in [0.29, 0.717) is 13.0 Å². The van der Waals surface area contributed by atoms with Crippen molar-refractivity contribution in [2.75, 3.05) is 24.6 Å². The summed E-state index contributed by atoms with van der Waals surface area (Å²) in [7, 11) is -4.54. The lowest BCUT2D eigenvalue weighted by Gasteiger charge is -2.19. The molecule has 8 N–H and O–H groups in total. The molecule has 0 fully saturated rings. The Morgan fingerprint density at radius 3 is 2.29 bits per heavy atom. The van der Waals surface area contributed by atoms with E-state index in [1.54, 1.807) is 0 Å². The Morgan fingerprint density at radius 1 is 1.17 bits per heavy atom. The molecule has 11 nitrogen and oxygen atoms in total. The van der Waals surface area contributed by atoms with E-state index in [9.17, 15) is 22.2 Å². The molecule has 3 atom stereocenters. The number of nitrogens with one attached hydrogen (secondary N) is 2. The summed E-state index contributed by atoms with van der Waals surface area (Å²) in [6.45, 7) is 0.753. The summed E-state index contributed by atoms with van der Waals surface area (Å²) in [5, 5.41) is 4.48. The van der Waals surface area contributed by atoms with Gasteiger partial charge in [-0.3, -0.25) is 14.1 Å². The van der Waals surface area contributed by atoms with E-state index < -0.39 is 56.6 Å². The van der Waals surface area contributed by atoms with Crippen LogP contribution >= 0.6 is 0 Å². The highest BCUT2D eigenvalue weighted by atomic mass is 32.2. The normalized spacial score (nSPS) is 15.3. The van der Waals surface area contributed by atoms with Gasteiger partial charge < -0.3 is 26.7 Å². The van der Waals surface area contributed by atoms with Crippen LogP contribution in [0.15, 0.2) is 0 Å². The second-order valence-electron chi connectivity index (χ2n) is 5.04. The number of hydrogen-bond acceptors (Lipinski definition) is 7. The first-order chi connectivity index (χ1) is 11.1. The molecule has 13 heteroatoms. The van der Waals surface area contributed by atoms with Crippen LogP contribution in [0, 0.1) is 0 Å². The summed E-state index contributed by atoms with van der Waals surface area (Å²) in [6.07, 6.45) is 2.14. The number of carbonyl (C=O) groups excluding carboxylic acids is 2. The van der Waals surface area contributed by atoms with Crippen LogP contribution in [0.4, 0.5) is 0 Å². The van der Waals surface area contributed by atoms with Gasteiger partial charge in [0.1, 0.15) is 11.8 Å². The van der Waals surface area contributed by atoms with Gasteiger partial charge in [0.15, 0.2) is 11.1 Å². The zero-order valence-corrected chi connectivity index (χ0v) is 14.6. The van der Waals surface area contributed by atoms with E-state index in [-0.39, 0.29) is 6.54 Å². The zero-order valence-electron chi connectivity index (χ0n) is 13.0. The second-order valence-corrected chi connectivity index (χ2v) is 7.52. The summed E-state index contributed by atoms with van der Waals surface area (Å²) >= 11 is -2.33. The average Bonchev–Trinajstić information content (AvgIpc) is 2.43. The molecule has 0 aromatic rings. The smallest absolute Gasteiger partial charge is 0.267 e. The molecule has 24 heavy (non-hydrogen) atoms. The Balaban J connectivity index is 4.70. The molecular formula is C11H24N4O7S2. The van der Waals surface area contributed by atoms with E-state index in [0.717, 1.165) is 12.8 Å². The number of rotatable bonds is 12. The average molecular weight is 388 g/mol. The molecule has 142 valence electrons. The van der Waals surface area contributed by atoms with Crippen molar-refractivity contribution in [3.05, 3.63) is 0 Å². The van der Waals surface area contributed by atoms with Crippen LogP contribution in [0.25, 0.3) is 0 Å². The summed E-state index contributed by atoms with van der Waals surface area (Å²) in [6, 6.07) is -2.97. The van der Waals surface area contributed by atoms with Crippen molar-refractivity contribution < 1.29 is 31.3 Å². The van der Waals surface area contributed by atoms with Crippen LogP contribution in [0.2, 0.25) is 0 Å². The van der Waals surface area contributed by atoms with E-state index in [4.69, 9.17) is 20.6 Å². The molecule has 0 aliphatic carbocycles. The summed E-state index contributed by atoms with van der Waals surface area (Å²) in [5.74, 6) is -3.41. The Labute approximate surface area is 142 Å². The lowest BCUT2D eigenvalue weighted by molar-refractivity contribution is -0.128. The third-order valence-corrected chi connectivity index (χ3v) is 4.25. The molecule has 0 saturated carbocycles. The van der Waals surface area contributed by atoms with Gasteiger partial charge in [-0.1, -0.05) is 6.42 Å². The van der Waals surface area contributed by atoms with E-state index >= 15 is 0 Å². The van der Waals surface area contributed by atoms with Gasteiger partial charge in [-0.25, -0.2) is 4.21 Å². The van der Waals surface area contributed by atoms with E-state index in [1.165, 1.54) is 0 Å². The summed E-state index contributed by atoms with van der Waals surface area (Å²) in [5.41, 5.74) is 10.7. The maximum absolute atomic E-state index is 12.0. The largest absolute Gasteiger partial charge is 0.354 e. The van der Waals surface area contributed by atoms with Crippen LogP contribution in [0.5, 0.6) is 0 Å². The molecule has 0 bridgehead atoms.